The highest BCUT2D eigenvalue weighted by Crippen LogP contribution is 2.13. The molecule has 4 nitrogen and oxygen atoms in total. The van der Waals surface area contributed by atoms with Gasteiger partial charge in [-0.1, -0.05) is 12.1 Å². The fourth-order valence-corrected chi connectivity index (χ4v) is 2.06. The summed E-state index contributed by atoms with van der Waals surface area (Å²) in [5.41, 5.74) is 0.881. The number of rotatable bonds is 5. The first-order chi connectivity index (χ1) is 7.06. The zero-order valence-corrected chi connectivity index (χ0v) is 9.58. The SMILES string of the molecule is COCCOS(=O)(=O)c1cccc(C)c1. The molecular weight excluding hydrogens is 216 g/mol. The second kappa shape index (κ2) is 5.25. The van der Waals surface area contributed by atoms with E-state index in [1.807, 2.05) is 13.0 Å². The number of ether oxygens (including phenoxy) is 1. The molecule has 0 heterocycles. The number of hydrogen-bond acceptors (Lipinski definition) is 4. The van der Waals surface area contributed by atoms with Crippen molar-refractivity contribution >= 4 is 10.1 Å². The quantitative estimate of drug-likeness (QED) is 0.566. The Labute approximate surface area is 90.0 Å². The molecule has 0 aliphatic heterocycles. The van der Waals surface area contributed by atoms with Crippen LogP contribution in [0.4, 0.5) is 0 Å². The molecule has 1 aromatic carbocycles. The van der Waals surface area contributed by atoms with Gasteiger partial charge in [0, 0.05) is 7.11 Å². The molecule has 0 aliphatic carbocycles. The summed E-state index contributed by atoms with van der Waals surface area (Å²) in [5, 5.41) is 0. The Kier molecular flexibility index (Phi) is 4.26. The topological polar surface area (TPSA) is 52.6 Å². The van der Waals surface area contributed by atoms with Crippen LogP contribution in [0, 0.1) is 6.92 Å². The molecule has 0 N–H and O–H groups in total. The molecule has 15 heavy (non-hydrogen) atoms. The molecule has 84 valence electrons. The Morgan fingerprint density at radius 1 is 1.27 bits per heavy atom. The largest absolute Gasteiger partial charge is 0.382 e. The van der Waals surface area contributed by atoms with Gasteiger partial charge in [-0.25, -0.2) is 0 Å². The van der Waals surface area contributed by atoms with Crippen LogP contribution in [0.2, 0.25) is 0 Å². The third-order valence-electron chi connectivity index (χ3n) is 1.80. The van der Waals surface area contributed by atoms with Gasteiger partial charge in [-0.2, -0.15) is 8.42 Å². The van der Waals surface area contributed by atoms with Gasteiger partial charge in [0.2, 0.25) is 0 Å². The summed E-state index contributed by atoms with van der Waals surface area (Å²) in [5.74, 6) is 0. The lowest BCUT2D eigenvalue weighted by Crippen LogP contribution is -2.10. The van der Waals surface area contributed by atoms with Crippen LogP contribution in [0.15, 0.2) is 29.2 Å². The minimum absolute atomic E-state index is 0.0345. The van der Waals surface area contributed by atoms with Crippen molar-refractivity contribution in [3.63, 3.8) is 0 Å². The smallest absolute Gasteiger partial charge is 0.297 e. The maximum Gasteiger partial charge on any atom is 0.297 e. The van der Waals surface area contributed by atoms with E-state index in [-0.39, 0.29) is 18.1 Å². The highest BCUT2D eigenvalue weighted by Gasteiger charge is 2.14. The second-order valence-corrected chi connectivity index (χ2v) is 4.70. The van der Waals surface area contributed by atoms with Gasteiger partial charge in [-0.05, 0) is 24.6 Å². The first kappa shape index (κ1) is 12.2. The summed E-state index contributed by atoms with van der Waals surface area (Å²) < 4.78 is 32.6. The highest BCUT2D eigenvalue weighted by molar-refractivity contribution is 7.86. The van der Waals surface area contributed by atoms with Crippen LogP contribution < -0.4 is 0 Å². The maximum atomic E-state index is 11.6. The van der Waals surface area contributed by atoms with Crippen LogP contribution in [0.25, 0.3) is 0 Å². The molecule has 0 aliphatic rings. The van der Waals surface area contributed by atoms with Gasteiger partial charge in [-0.3, -0.25) is 4.18 Å². The van der Waals surface area contributed by atoms with Crippen molar-refractivity contribution in [1.29, 1.82) is 0 Å². The predicted molar refractivity (Wildman–Crippen MR) is 56.2 cm³/mol. The molecule has 0 amide bonds. The third kappa shape index (κ3) is 3.62. The van der Waals surface area contributed by atoms with Crippen molar-refractivity contribution in [1.82, 2.24) is 0 Å². The van der Waals surface area contributed by atoms with E-state index in [1.165, 1.54) is 13.2 Å². The number of hydrogen-bond donors (Lipinski definition) is 0. The summed E-state index contributed by atoms with van der Waals surface area (Å²) >= 11 is 0. The van der Waals surface area contributed by atoms with Gasteiger partial charge in [0.05, 0.1) is 18.1 Å². The standard InChI is InChI=1S/C10H14O4S/c1-9-4-3-5-10(8-9)15(11,12)14-7-6-13-2/h3-5,8H,6-7H2,1-2H3. The fraction of sp³-hybridized carbons (Fsp3) is 0.400. The Morgan fingerprint density at radius 2 is 2.00 bits per heavy atom. The van der Waals surface area contributed by atoms with Crippen LogP contribution >= 0.6 is 0 Å². The monoisotopic (exact) mass is 230 g/mol. The zero-order valence-electron chi connectivity index (χ0n) is 8.76. The maximum absolute atomic E-state index is 11.6. The lowest BCUT2D eigenvalue weighted by Gasteiger charge is -2.05. The molecule has 0 bridgehead atoms. The fourth-order valence-electron chi connectivity index (χ4n) is 1.07. The van der Waals surface area contributed by atoms with E-state index in [9.17, 15) is 8.42 Å². The third-order valence-corrected chi connectivity index (χ3v) is 3.11. The Bertz CT molecular complexity index is 411. The first-order valence-corrected chi connectivity index (χ1v) is 5.92. The summed E-state index contributed by atoms with van der Waals surface area (Å²) in [7, 11) is -2.15. The molecule has 1 aromatic rings. The Hall–Kier alpha value is -0.910. The van der Waals surface area contributed by atoms with Gasteiger partial charge in [0.25, 0.3) is 10.1 Å². The Morgan fingerprint density at radius 3 is 2.60 bits per heavy atom. The summed E-state index contributed by atoms with van der Waals surface area (Å²) in [4.78, 5) is 0.179. The van der Waals surface area contributed by atoms with Gasteiger partial charge >= 0.3 is 0 Å². The molecular formula is C10H14O4S. The summed E-state index contributed by atoms with van der Waals surface area (Å²) in [6.45, 7) is 2.12. The molecule has 0 saturated heterocycles. The van der Waals surface area contributed by atoms with Gasteiger partial charge in [0.15, 0.2) is 0 Å². The van der Waals surface area contributed by atoms with Crippen LogP contribution in [-0.4, -0.2) is 28.7 Å². The molecule has 0 saturated carbocycles. The van der Waals surface area contributed by atoms with E-state index in [4.69, 9.17) is 8.92 Å². The molecule has 0 radical (unpaired) electrons. The van der Waals surface area contributed by atoms with Gasteiger partial charge in [-0.15, -0.1) is 0 Å². The van der Waals surface area contributed by atoms with Crippen molar-refractivity contribution in [3.8, 4) is 0 Å². The molecule has 0 aromatic heterocycles. The van der Waals surface area contributed by atoms with E-state index in [1.54, 1.807) is 12.1 Å². The zero-order chi connectivity index (χ0) is 11.3. The van der Waals surface area contributed by atoms with E-state index in [2.05, 4.69) is 0 Å². The average molecular weight is 230 g/mol. The van der Waals surface area contributed by atoms with Crippen LogP contribution in [0.1, 0.15) is 5.56 Å². The highest BCUT2D eigenvalue weighted by atomic mass is 32.2. The summed E-state index contributed by atoms with van der Waals surface area (Å²) in [6, 6.07) is 6.59. The first-order valence-electron chi connectivity index (χ1n) is 4.51. The molecule has 5 heteroatoms. The van der Waals surface area contributed by atoms with E-state index in [0.717, 1.165) is 5.56 Å². The number of aryl methyl sites for hydroxylation is 1. The number of methoxy groups -OCH3 is 1. The second-order valence-electron chi connectivity index (χ2n) is 3.09. The van der Waals surface area contributed by atoms with Crippen molar-refractivity contribution in [2.24, 2.45) is 0 Å². The van der Waals surface area contributed by atoms with Crippen LogP contribution in [0.3, 0.4) is 0 Å². The minimum Gasteiger partial charge on any atom is -0.382 e. The van der Waals surface area contributed by atoms with Gasteiger partial charge < -0.3 is 4.74 Å². The van der Waals surface area contributed by atoms with E-state index >= 15 is 0 Å². The molecule has 0 atom stereocenters. The van der Waals surface area contributed by atoms with Crippen molar-refractivity contribution < 1.29 is 17.3 Å². The summed E-state index contributed by atoms with van der Waals surface area (Å²) in [6.07, 6.45) is 0. The Balaban J connectivity index is 2.77. The lowest BCUT2D eigenvalue weighted by molar-refractivity contribution is 0.149. The van der Waals surface area contributed by atoms with E-state index in [0.29, 0.717) is 0 Å². The lowest BCUT2D eigenvalue weighted by atomic mass is 10.2. The molecule has 0 fully saturated rings. The molecule has 1 rings (SSSR count). The minimum atomic E-state index is -3.64. The van der Waals surface area contributed by atoms with Crippen LogP contribution in [0.5, 0.6) is 0 Å². The van der Waals surface area contributed by atoms with Crippen molar-refractivity contribution in [3.05, 3.63) is 29.8 Å². The normalized spacial score (nSPS) is 11.6. The predicted octanol–water partition coefficient (Wildman–Crippen LogP) is 1.35. The van der Waals surface area contributed by atoms with Crippen LogP contribution in [-0.2, 0) is 19.0 Å². The molecule has 0 unspecified atom stereocenters. The van der Waals surface area contributed by atoms with Gasteiger partial charge in [0.1, 0.15) is 0 Å². The number of benzene rings is 1. The molecule has 0 spiro atoms. The van der Waals surface area contributed by atoms with E-state index < -0.39 is 10.1 Å². The average Bonchev–Trinajstić information content (AvgIpc) is 2.18. The van der Waals surface area contributed by atoms with Crippen molar-refractivity contribution in [2.45, 2.75) is 11.8 Å². The van der Waals surface area contributed by atoms with Crippen molar-refractivity contribution in [2.75, 3.05) is 20.3 Å².